The first kappa shape index (κ1) is 30.1. The molecule has 1 fully saturated rings. The Bertz CT molecular complexity index is 1390. The van der Waals surface area contributed by atoms with Crippen molar-refractivity contribution in [2.75, 3.05) is 17.6 Å². The van der Waals surface area contributed by atoms with Crippen LogP contribution < -0.4 is 5.32 Å². The first-order valence-corrected chi connectivity index (χ1v) is 14.2. The third-order valence-corrected chi connectivity index (χ3v) is 7.66. The van der Waals surface area contributed by atoms with E-state index < -0.39 is 39.7 Å². The van der Waals surface area contributed by atoms with Gasteiger partial charge in [0.25, 0.3) is 11.8 Å². The van der Waals surface area contributed by atoms with Gasteiger partial charge in [0.2, 0.25) is 5.91 Å². The zero-order valence-corrected chi connectivity index (χ0v) is 22.6. The Hall–Kier alpha value is -4.42. The van der Waals surface area contributed by atoms with Gasteiger partial charge in [-0.25, -0.2) is 13.2 Å². The highest BCUT2D eigenvalue weighted by molar-refractivity contribution is 7.91. The van der Waals surface area contributed by atoms with Crippen LogP contribution in [-0.2, 0) is 33.8 Å². The average Bonchev–Trinajstić information content (AvgIpc) is 3.22. The Balaban J connectivity index is 1.76. The molecule has 3 rings (SSSR count). The monoisotopic (exact) mass is 571 g/mol. The Morgan fingerprint density at radius 3 is 2.45 bits per heavy atom. The van der Waals surface area contributed by atoms with E-state index >= 15 is 0 Å². The van der Waals surface area contributed by atoms with Crippen molar-refractivity contribution in [1.29, 1.82) is 0 Å². The molecule has 0 aromatic heterocycles. The SMILES string of the molecule is Cc1ccc(S(=O)(=O)CC(OC(=O)ON2C(=O)CCC2=O)c2cccc(NC(=O)CCCCCN=[N+]=[N-])c2)cc1. The number of rotatable bonds is 13. The van der Waals surface area contributed by atoms with Crippen molar-refractivity contribution in [3.63, 3.8) is 0 Å². The number of benzene rings is 2. The quantitative estimate of drug-likeness (QED) is 0.0906. The highest BCUT2D eigenvalue weighted by Gasteiger charge is 2.35. The van der Waals surface area contributed by atoms with E-state index in [2.05, 4.69) is 15.3 Å². The first-order valence-electron chi connectivity index (χ1n) is 12.5. The summed E-state index contributed by atoms with van der Waals surface area (Å²) in [4.78, 5) is 56.0. The number of sulfone groups is 1. The van der Waals surface area contributed by atoms with Crippen LogP contribution in [0.3, 0.4) is 0 Å². The fourth-order valence-corrected chi connectivity index (χ4v) is 5.24. The van der Waals surface area contributed by atoms with Gasteiger partial charge in [0.05, 0.1) is 10.6 Å². The Labute approximate surface area is 230 Å². The molecule has 1 aliphatic rings. The summed E-state index contributed by atoms with van der Waals surface area (Å²) in [6.07, 6.45) is -0.916. The lowest BCUT2D eigenvalue weighted by molar-refractivity contribution is -0.178. The van der Waals surface area contributed by atoms with Crippen molar-refractivity contribution in [2.45, 2.75) is 56.4 Å². The predicted octanol–water partition coefficient (Wildman–Crippen LogP) is 4.54. The number of nitrogens with zero attached hydrogens (tertiary/aromatic N) is 4. The van der Waals surface area contributed by atoms with Gasteiger partial charge in [0, 0.05) is 36.4 Å². The molecule has 1 aliphatic heterocycles. The Morgan fingerprint density at radius 2 is 1.77 bits per heavy atom. The van der Waals surface area contributed by atoms with E-state index in [0.717, 1.165) is 5.56 Å². The van der Waals surface area contributed by atoms with Crippen LogP contribution in [0.25, 0.3) is 10.4 Å². The molecule has 0 aliphatic carbocycles. The van der Waals surface area contributed by atoms with Crippen LogP contribution in [0.4, 0.5) is 10.5 Å². The molecule has 1 unspecified atom stereocenters. The molecule has 0 bridgehead atoms. The predicted molar refractivity (Wildman–Crippen MR) is 142 cm³/mol. The second kappa shape index (κ2) is 14.1. The number of ether oxygens (including phenoxy) is 1. The minimum atomic E-state index is -3.97. The third kappa shape index (κ3) is 8.82. The normalized spacial score (nSPS) is 13.9. The van der Waals surface area contributed by atoms with Crippen molar-refractivity contribution < 1.29 is 37.2 Å². The van der Waals surface area contributed by atoms with E-state index in [9.17, 15) is 27.6 Å². The zero-order chi connectivity index (χ0) is 29.1. The molecule has 1 N–H and O–H groups in total. The van der Waals surface area contributed by atoms with Crippen molar-refractivity contribution in [1.82, 2.24) is 5.06 Å². The average molecular weight is 572 g/mol. The molecule has 2 aromatic carbocycles. The number of imide groups is 1. The van der Waals surface area contributed by atoms with Crippen LogP contribution in [-0.4, -0.2) is 49.7 Å². The summed E-state index contributed by atoms with van der Waals surface area (Å²) < 4.78 is 31.7. The highest BCUT2D eigenvalue weighted by Crippen LogP contribution is 2.27. The molecule has 3 amide bonds. The van der Waals surface area contributed by atoms with Crippen LogP contribution >= 0.6 is 0 Å². The van der Waals surface area contributed by atoms with Gasteiger partial charge in [-0.15, -0.1) is 0 Å². The molecular formula is C26H29N5O8S. The molecule has 212 valence electrons. The number of anilines is 1. The topological polar surface area (TPSA) is 185 Å². The summed E-state index contributed by atoms with van der Waals surface area (Å²) in [6, 6.07) is 12.3. The standard InChI is InChI=1S/C26H29N5O8S/c1-18-9-11-21(12-10-18)40(36,37)17-22(38-26(35)39-31-24(33)13-14-25(31)34)19-6-5-7-20(16-19)29-23(32)8-3-2-4-15-28-30-27/h5-7,9-12,16,22H,2-4,8,13-15,17H2,1H3,(H,29,32). The van der Waals surface area contributed by atoms with Gasteiger partial charge < -0.3 is 10.1 Å². The van der Waals surface area contributed by atoms with E-state index in [1.54, 1.807) is 24.3 Å². The Kier molecular flexibility index (Phi) is 10.6. The number of unbranched alkanes of at least 4 members (excludes halogenated alkanes) is 2. The highest BCUT2D eigenvalue weighted by atomic mass is 32.2. The number of nitrogens with one attached hydrogen (secondary N) is 1. The maximum absolute atomic E-state index is 13.2. The first-order chi connectivity index (χ1) is 19.1. The number of hydroxylamine groups is 2. The van der Waals surface area contributed by atoms with Crippen LogP contribution in [0, 0.1) is 6.92 Å². The Morgan fingerprint density at radius 1 is 1.07 bits per heavy atom. The minimum Gasteiger partial charge on any atom is -0.423 e. The number of carbonyl (C=O) groups excluding carboxylic acids is 4. The molecule has 1 heterocycles. The second-order valence-corrected chi connectivity index (χ2v) is 11.1. The van der Waals surface area contributed by atoms with E-state index in [4.69, 9.17) is 15.1 Å². The van der Waals surface area contributed by atoms with E-state index in [1.165, 1.54) is 24.3 Å². The van der Waals surface area contributed by atoms with Gasteiger partial charge in [-0.2, -0.15) is 0 Å². The molecule has 1 saturated heterocycles. The maximum atomic E-state index is 13.2. The second-order valence-electron chi connectivity index (χ2n) is 9.06. The van der Waals surface area contributed by atoms with E-state index in [1.807, 2.05) is 6.92 Å². The van der Waals surface area contributed by atoms with Gasteiger partial charge in [0.1, 0.15) is 6.10 Å². The lowest BCUT2D eigenvalue weighted by atomic mass is 10.1. The smallest absolute Gasteiger partial charge is 0.423 e. The number of hydrogen-bond donors (Lipinski definition) is 1. The molecular weight excluding hydrogens is 542 g/mol. The fraction of sp³-hybridized carbons (Fsp3) is 0.385. The van der Waals surface area contributed by atoms with Crippen molar-refractivity contribution >= 4 is 39.4 Å². The summed E-state index contributed by atoms with van der Waals surface area (Å²) in [5, 5.41) is 6.47. The number of amides is 3. The molecule has 0 radical (unpaired) electrons. The van der Waals surface area contributed by atoms with Crippen LogP contribution in [0.2, 0.25) is 0 Å². The van der Waals surface area contributed by atoms with Gasteiger partial charge in [0.15, 0.2) is 9.84 Å². The summed E-state index contributed by atoms with van der Waals surface area (Å²) in [6.45, 7) is 2.16. The summed E-state index contributed by atoms with van der Waals surface area (Å²) in [5.74, 6) is -2.38. The lowest BCUT2D eigenvalue weighted by Crippen LogP contribution is -2.33. The number of carbonyl (C=O) groups is 4. The van der Waals surface area contributed by atoms with Gasteiger partial charge in [-0.1, -0.05) is 46.4 Å². The van der Waals surface area contributed by atoms with Crippen molar-refractivity contribution in [2.24, 2.45) is 5.11 Å². The third-order valence-electron chi connectivity index (χ3n) is 5.93. The summed E-state index contributed by atoms with van der Waals surface area (Å²) in [7, 11) is -3.97. The molecule has 1 atom stereocenters. The maximum Gasteiger partial charge on any atom is 0.534 e. The van der Waals surface area contributed by atoms with Gasteiger partial charge >= 0.3 is 6.16 Å². The number of azide groups is 1. The van der Waals surface area contributed by atoms with Crippen molar-refractivity contribution in [3.8, 4) is 0 Å². The zero-order valence-electron chi connectivity index (χ0n) is 21.8. The van der Waals surface area contributed by atoms with Crippen LogP contribution in [0.5, 0.6) is 0 Å². The molecule has 14 heteroatoms. The van der Waals surface area contributed by atoms with E-state index in [0.29, 0.717) is 36.6 Å². The number of aryl methyl sites for hydroxylation is 1. The summed E-state index contributed by atoms with van der Waals surface area (Å²) in [5.41, 5.74) is 9.73. The molecule has 40 heavy (non-hydrogen) atoms. The van der Waals surface area contributed by atoms with Gasteiger partial charge in [-0.3, -0.25) is 19.2 Å². The van der Waals surface area contributed by atoms with E-state index in [-0.39, 0.29) is 35.6 Å². The molecule has 0 saturated carbocycles. The molecule has 13 nitrogen and oxygen atoms in total. The van der Waals surface area contributed by atoms with Gasteiger partial charge in [-0.05, 0) is 55.1 Å². The molecule has 0 spiro atoms. The van der Waals surface area contributed by atoms with Crippen LogP contribution in [0.1, 0.15) is 55.8 Å². The van der Waals surface area contributed by atoms with Crippen LogP contribution in [0.15, 0.2) is 58.5 Å². The fourth-order valence-electron chi connectivity index (χ4n) is 3.84. The largest absolute Gasteiger partial charge is 0.534 e. The minimum absolute atomic E-state index is 0.00915. The summed E-state index contributed by atoms with van der Waals surface area (Å²) >= 11 is 0. The van der Waals surface area contributed by atoms with Crippen molar-refractivity contribution in [3.05, 3.63) is 70.1 Å². The molecule has 2 aromatic rings. The number of hydrogen-bond acceptors (Lipinski definition) is 9. The lowest BCUT2D eigenvalue weighted by Gasteiger charge is -2.20.